The molecular formula is C13H29N2P. The van der Waals surface area contributed by atoms with Crippen LogP contribution in [0.25, 0.3) is 0 Å². The highest BCUT2D eigenvalue weighted by atomic mass is 31.1. The minimum atomic E-state index is -0.146. The number of nitrogens with one attached hydrogen (secondary N) is 1. The molecule has 2 nitrogen and oxygen atoms in total. The van der Waals surface area contributed by atoms with Gasteiger partial charge in [0.2, 0.25) is 0 Å². The van der Waals surface area contributed by atoms with Crippen LogP contribution >= 0.6 is 8.07 Å². The van der Waals surface area contributed by atoms with Gasteiger partial charge in [-0.15, -0.1) is 0 Å². The van der Waals surface area contributed by atoms with Crippen molar-refractivity contribution < 1.29 is 0 Å². The van der Waals surface area contributed by atoms with E-state index >= 15 is 0 Å². The van der Waals surface area contributed by atoms with Crippen molar-refractivity contribution in [1.29, 1.82) is 0 Å². The maximum atomic E-state index is 3.42. The Hall–Kier alpha value is -0.0700. The van der Waals surface area contributed by atoms with Crippen molar-refractivity contribution in [3.05, 3.63) is 12.0 Å². The van der Waals surface area contributed by atoms with Crippen LogP contribution in [-0.4, -0.2) is 29.0 Å². The third kappa shape index (κ3) is 6.50. The van der Waals surface area contributed by atoms with E-state index in [0.717, 1.165) is 13.1 Å². The molecule has 96 valence electrons. The van der Waals surface area contributed by atoms with Crippen LogP contribution in [0, 0.1) is 0 Å². The van der Waals surface area contributed by atoms with Crippen LogP contribution in [0.1, 0.15) is 48.5 Å². The number of hydrogen-bond acceptors (Lipinski definition) is 2. The molecule has 0 heterocycles. The zero-order valence-electron chi connectivity index (χ0n) is 12.0. The predicted octanol–water partition coefficient (Wildman–Crippen LogP) is 3.99. The summed E-state index contributed by atoms with van der Waals surface area (Å²) in [6.45, 7) is 17.9. The lowest BCUT2D eigenvalue weighted by Gasteiger charge is -2.30. The highest BCUT2D eigenvalue weighted by Gasteiger charge is 2.16. The molecule has 1 unspecified atom stereocenters. The Morgan fingerprint density at radius 2 is 1.69 bits per heavy atom. The molecule has 3 heteroatoms. The van der Waals surface area contributed by atoms with E-state index in [1.54, 1.807) is 0 Å². The quantitative estimate of drug-likeness (QED) is 0.711. The lowest BCUT2D eigenvalue weighted by molar-refractivity contribution is 0.490. The number of hydrogen-bond donors (Lipinski definition) is 1. The minimum Gasteiger partial charge on any atom is -0.386 e. The third-order valence-corrected chi connectivity index (χ3v) is 5.06. The fourth-order valence-electron chi connectivity index (χ4n) is 1.51. The highest BCUT2D eigenvalue weighted by Crippen LogP contribution is 2.45. The van der Waals surface area contributed by atoms with Crippen molar-refractivity contribution in [2.75, 3.05) is 13.1 Å². The first-order valence-corrected chi connectivity index (χ1v) is 7.72. The van der Waals surface area contributed by atoms with Gasteiger partial charge in [-0.25, -0.2) is 0 Å². The molecule has 0 bridgehead atoms. The predicted molar refractivity (Wildman–Crippen MR) is 77.0 cm³/mol. The zero-order chi connectivity index (χ0) is 12.8. The van der Waals surface area contributed by atoms with Crippen molar-refractivity contribution in [3.63, 3.8) is 0 Å². The summed E-state index contributed by atoms with van der Waals surface area (Å²) in [5, 5.41) is 3.42. The number of rotatable bonds is 6. The first kappa shape index (κ1) is 15.9. The Labute approximate surface area is 103 Å². The Bertz CT molecular complexity index is 202. The summed E-state index contributed by atoms with van der Waals surface area (Å²) in [4.78, 5) is 0. The Morgan fingerprint density at radius 3 is 2.00 bits per heavy atom. The van der Waals surface area contributed by atoms with Crippen molar-refractivity contribution in [1.82, 2.24) is 9.99 Å². The van der Waals surface area contributed by atoms with Gasteiger partial charge in [-0.05, 0) is 59.6 Å². The zero-order valence-corrected chi connectivity index (χ0v) is 12.9. The third-order valence-electron chi connectivity index (χ3n) is 2.33. The molecule has 0 aromatic heterocycles. The van der Waals surface area contributed by atoms with Crippen molar-refractivity contribution in [2.45, 2.75) is 59.7 Å². The molecule has 16 heavy (non-hydrogen) atoms. The smallest absolute Gasteiger partial charge is 0.0284 e. The molecule has 0 aromatic rings. The monoisotopic (exact) mass is 244 g/mol. The highest BCUT2D eigenvalue weighted by molar-refractivity contribution is 7.59. The Morgan fingerprint density at radius 1 is 1.19 bits per heavy atom. The average Bonchev–Trinajstić information content (AvgIpc) is 2.15. The summed E-state index contributed by atoms with van der Waals surface area (Å²) in [5.41, 5.74) is 0.880. The molecule has 0 aromatic carbocycles. The lowest BCUT2D eigenvalue weighted by atomic mass is 10.1. The normalized spacial score (nSPS) is 15.1. The fourth-order valence-corrected chi connectivity index (χ4v) is 3.57. The second-order valence-corrected chi connectivity index (χ2v) is 7.98. The van der Waals surface area contributed by atoms with Crippen LogP contribution in [0.2, 0.25) is 0 Å². The molecule has 0 spiro atoms. The first-order chi connectivity index (χ1) is 7.31. The van der Waals surface area contributed by atoms with E-state index in [2.05, 4.69) is 70.5 Å². The van der Waals surface area contributed by atoms with Crippen LogP contribution in [0.15, 0.2) is 12.0 Å². The van der Waals surface area contributed by atoms with Crippen LogP contribution in [0.5, 0.6) is 0 Å². The van der Waals surface area contributed by atoms with Crippen molar-refractivity contribution in [2.24, 2.45) is 0 Å². The second-order valence-electron chi connectivity index (χ2n) is 5.32. The largest absolute Gasteiger partial charge is 0.386 e. The Kier molecular flexibility index (Phi) is 7.26. The fraction of sp³-hybridized carbons (Fsp3) is 0.846. The molecule has 0 aliphatic rings. The summed E-state index contributed by atoms with van der Waals surface area (Å²) < 4.78 is 2.56. The van der Waals surface area contributed by atoms with E-state index in [4.69, 9.17) is 0 Å². The Balaban J connectivity index is 4.44. The molecular weight excluding hydrogens is 215 g/mol. The van der Waals surface area contributed by atoms with E-state index in [0.29, 0.717) is 5.66 Å². The summed E-state index contributed by atoms with van der Waals surface area (Å²) >= 11 is 0. The summed E-state index contributed by atoms with van der Waals surface area (Å²) in [6.07, 6.45) is 2.14. The molecule has 0 fully saturated rings. The van der Waals surface area contributed by atoms with Gasteiger partial charge in [0.25, 0.3) is 0 Å². The summed E-state index contributed by atoms with van der Waals surface area (Å²) in [5.74, 6) is 2.36. The van der Waals surface area contributed by atoms with E-state index in [1.165, 1.54) is 0 Å². The van der Waals surface area contributed by atoms with Gasteiger partial charge in [0.1, 0.15) is 0 Å². The summed E-state index contributed by atoms with van der Waals surface area (Å²) in [6, 6.07) is 0. The van der Waals surface area contributed by atoms with Gasteiger partial charge in [0, 0.05) is 5.54 Å². The number of nitrogens with zero attached hydrogens (tertiary/aromatic N) is 1. The van der Waals surface area contributed by atoms with E-state index in [-0.39, 0.29) is 13.6 Å². The molecule has 0 rings (SSSR count). The minimum absolute atomic E-state index is 0.146. The average molecular weight is 244 g/mol. The molecule has 0 aliphatic heterocycles. The van der Waals surface area contributed by atoms with Gasteiger partial charge in [-0.3, -0.25) is 4.67 Å². The van der Waals surface area contributed by atoms with Gasteiger partial charge < -0.3 is 5.32 Å². The molecule has 0 saturated heterocycles. The summed E-state index contributed by atoms with van der Waals surface area (Å²) in [7, 11) is -0.146. The topological polar surface area (TPSA) is 15.3 Å². The molecule has 0 aliphatic carbocycles. The van der Waals surface area contributed by atoms with E-state index in [1.807, 2.05) is 0 Å². The maximum Gasteiger partial charge on any atom is 0.0284 e. The van der Waals surface area contributed by atoms with Gasteiger partial charge in [0.15, 0.2) is 0 Å². The van der Waals surface area contributed by atoms with Crippen molar-refractivity contribution in [3.8, 4) is 0 Å². The molecule has 1 N–H and O–H groups in total. The SMILES string of the molecule is CCN(CC)P(/C=C/NC(C)(C)C)C(C)C. The van der Waals surface area contributed by atoms with E-state index in [9.17, 15) is 0 Å². The van der Waals surface area contributed by atoms with Gasteiger partial charge in [-0.1, -0.05) is 27.7 Å². The maximum absolute atomic E-state index is 3.42. The molecule has 0 amide bonds. The lowest BCUT2D eigenvalue weighted by Crippen LogP contribution is -2.31. The standard InChI is InChI=1S/C13H29N2P/c1-8-15(9-2)16(12(3)4)11-10-14-13(5,6)7/h10-12,14H,8-9H2,1-7H3/b11-10+. The molecule has 0 radical (unpaired) electrons. The van der Waals surface area contributed by atoms with Crippen LogP contribution in [0.4, 0.5) is 0 Å². The second kappa shape index (κ2) is 7.29. The van der Waals surface area contributed by atoms with Gasteiger partial charge in [-0.2, -0.15) is 0 Å². The van der Waals surface area contributed by atoms with Gasteiger partial charge >= 0.3 is 0 Å². The van der Waals surface area contributed by atoms with Gasteiger partial charge in [0.05, 0.1) is 0 Å². The molecule has 1 atom stereocenters. The first-order valence-electron chi connectivity index (χ1n) is 6.29. The van der Waals surface area contributed by atoms with Crippen LogP contribution in [0.3, 0.4) is 0 Å². The van der Waals surface area contributed by atoms with E-state index < -0.39 is 0 Å². The van der Waals surface area contributed by atoms with Crippen LogP contribution in [-0.2, 0) is 0 Å². The molecule has 0 saturated carbocycles. The van der Waals surface area contributed by atoms with Crippen LogP contribution < -0.4 is 5.32 Å². The van der Waals surface area contributed by atoms with Crippen molar-refractivity contribution >= 4 is 8.07 Å².